The van der Waals surface area contributed by atoms with Crippen molar-refractivity contribution in [2.75, 3.05) is 39.3 Å². The number of rotatable bonds is 6. The normalized spacial score (nSPS) is 20.6. The van der Waals surface area contributed by atoms with Crippen molar-refractivity contribution >= 4 is 30.7 Å². The van der Waals surface area contributed by atoms with Crippen LogP contribution in [0.15, 0.2) is 30.3 Å². The highest BCUT2D eigenvalue weighted by Crippen LogP contribution is 2.38. The van der Waals surface area contributed by atoms with Gasteiger partial charge in [0.2, 0.25) is 5.91 Å². The predicted octanol–water partition coefficient (Wildman–Crippen LogP) is 3.01. The smallest absolute Gasteiger partial charge is 0.223 e. The largest absolute Gasteiger partial charge is 0.387 e. The zero-order valence-corrected chi connectivity index (χ0v) is 18.2. The van der Waals surface area contributed by atoms with Crippen molar-refractivity contribution in [1.82, 2.24) is 9.80 Å². The Morgan fingerprint density at radius 3 is 2.21 bits per heavy atom. The molecule has 1 aromatic rings. The van der Waals surface area contributed by atoms with Gasteiger partial charge in [-0.2, -0.15) is 0 Å². The fourth-order valence-corrected chi connectivity index (χ4v) is 4.39. The van der Waals surface area contributed by atoms with E-state index in [1.165, 1.54) is 19.3 Å². The summed E-state index contributed by atoms with van der Waals surface area (Å²) in [5.41, 5.74) is 7.03. The quantitative estimate of drug-likeness (QED) is 0.725. The summed E-state index contributed by atoms with van der Waals surface area (Å²) < 4.78 is 0. The first-order valence-electron chi connectivity index (χ1n) is 10.1. The molecular weight excluding hydrogens is 397 g/mol. The molecule has 0 bridgehead atoms. The number of amides is 1. The minimum absolute atomic E-state index is 0. The van der Waals surface area contributed by atoms with Gasteiger partial charge in [-0.05, 0) is 30.4 Å². The molecule has 0 spiro atoms. The average Bonchev–Trinajstić information content (AvgIpc) is 2.70. The maximum absolute atomic E-state index is 12.8. The molecule has 1 amide bonds. The molecule has 1 aliphatic carbocycles. The number of benzene rings is 1. The zero-order valence-electron chi connectivity index (χ0n) is 16.6. The van der Waals surface area contributed by atoms with Crippen LogP contribution in [0.4, 0.5) is 0 Å². The lowest BCUT2D eigenvalue weighted by Gasteiger charge is -2.40. The number of halogens is 2. The lowest BCUT2D eigenvalue weighted by atomic mass is 9.71. The van der Waals surface area contributed by atoms with Crippen LogP contribution >= 0.6 is 24.8 Å². The van der Waals surface area contributed by atoms with Crippen molar-refractivity contribution in [2.45, 2.75) is 44.6 Å². The molecule has 28 heavy (non-hydrogen) atoms. The summed E-state index contributed by atoms with van der Waals surface area (Å²) in [6, 6.07) is 9.78. The SMILES string of the molecule is Cl.Cl.NCC1(CC(=O)N2CCN(CC(O)c3ccccc3)CC2)CCCCC1. The number of hydrogen-bond donors (Lipinski definition) is 2. The molecule has 1 unspecified atom stereocenters. The molecule has 3 rings (SSSR count). The monoisotopic (exact) mass is 431 g/mol. The number of aliphatic hydroxyl groups is 1. The van der Waals surface area contributed by atoms with Gasteiger partial charge in [-0.1, -0.05) is 49.6 Å². The second-order valence-electron chi connectivity index (χ2n) is 8.05. The Morgan fingerprint density at radius 2 is 1.64 bits per heavy atom. The molecule has 2 aliphatic rings. The van der Waals surface area contributed by atoms with E-state index in [-0.39, 0.29) is 36.1 Å². The number of piperazine rings is 1. The number of carbonyl (C=O) groups is 1. The van der Waals surface area contributed by atoms with E-state index in [0.29, 0.717) is 19.5 Å². The van der Waals surface area contributed by atoms with Gasteiger partial charge < -0.3 is 15.7 Å². The third-order valence-corrected chi connectivity index (χ3v) is 6.21. The van der Waals surface area contributed by atoms with E-state index in [0.717, 1.165) is 44.6 Å². The Morgan fingerprint density at radius 1 is 1.04 bits per heavy atom. The summed E-state index contributed by atoms with van der Waals surface area (Å²) in [4.78, 5) is 17.0. The van der Waals surface area contributed by atoms with E-state index in [1.807, 2.05) is 35.2 Å². The number of hydrogen-bond acceptors (Lipinski definition) is 4. The van der Waals surface area contributed by atoms with Crippen molar-refractivity contribution in [3.05, 3.63) is 35.9 Å². The fourth-order valence-electron chi connectivity index (χ4n) is 4.39. The van der Waals surface area contributed by atoms with Gasteiger partial charge in [-0.3, -0.25) is 9.69 Å². The summed E-state index contributed by atoms with van der Waals surface area (Å²) >= 11 is 0. The van der Waals surface area contributed by atoms with E-state index in [1.54, 1.807) is 0 Å². The second kappa shape index (κ2) is 12.0. The van der Waals surface area contributed by atoms with Crippen molar-refractivity contribution in [3.8, 4) is 0 Å². The van der Waals surface area contributed by atoms with Gasteiger partial charge in [0, 0.05) is 39.1 Å². The van der Waals surface area contributed by atoms with Gasteiger partial charge in [-0.25, -0.2) is 0 Å². The first-order valence-corrected chi connectivity index (χ1v) is 10.1. The maximum atomic E-state index is 12.8. The highest BCUT2D eigenvalue weighted by molar-refractivity contribution is 5.85. The molecule has 1 aromatic carbocycles. The van der Waals surface area contributed by atoms with Gasteiger partial charge in [-0.15, -0.1) is 24.8 Å². The molecule has 3 N–H and O–H groups in total. The molecule has 0 aromatic heterocycles. The average molecular weight is 432 g/mol. The molecule has 1 atom stereocenters. The second-order valence-corrected chi connectivity index (χ2v) is 8.05. The molecule has 0 radical (unpaired) electrons. The maximum Gasteiger partial charge on any atom is 0.223 e. The van der Waals surface area contributed by atoms with Crippen LogP contribution < -0.4 is 5.73 Å². The Bertz CT molecular complexity index is 574. The van der Waals surface area contributed by atoms with Crippen molar-refractivity contribution in [1.29, 1.82) is 0 Å². The molecular formula is C21H35Cl2N3O2. The third-order valence-electron chi connectivity index (χ3n) is 6.21. The van der Waals surface area contributed by atoms with Crippen molar-refractivity contribution in [2.24, 2.45) is 11.1 Å². The minimum Gasteiger partial charge on any atom is -0.387 e. The van der Waals surface area contributed by atoms with Crippen molar-refractivity contribution in [3.63, 3.8) is 0 Å². The van der Waals surface area contributed by atoms with E-state index in [2.05, 4.69) is 4.90 Å². The number of aliphatic hydroxyl groups excluding tert-OH is 1. The van der Waals surface area contributed by atoms with Crippen LogP contribution in [0.1, 0.15) is 50.2 Å². The van der Waals surface area contributed by atoms with E-state index in [4.69, 9.17) is 5.73 Å². The molecule has 160 valence electrons. The van der Waals surface area contributed by atoms with E-state index in [9.17, 15) is 9.90 Å². The van der Waals surface area contributed by atoms with Crippen LogP contribution in [-0.4, -0.2) is 60.1 Å². The summed E-state index contributed by atoms with van der Waals surface area (Å²) in [6.07, 6.45) is 6.01. The first kappa shape index (κ1) is 25.2. The summed E-state index contributed by atoms with van der Waals surface area (Å²) in [6.45, 7) is 4.40. The highest BCUT2D eigenvalue weighted by atomic mass is 35.5. The Balaban J connectivity index is 0.00000196. The molecule has 5 nitrogen and oxygen atoms in total. The summed E-state index contributed by atoms with van der Waals surface area (Å²) in [5, 5.41) is 10.4. The lowest BCUT2D eigenvalue weighted by molar-refractivity contribution is -0.136. The first-order chi connectivity index (χ1) is 12.6. The van der Waals surface area contributed by atoms with Crippen LogP contribution in [0.2, 0.25) is 0 Å². The number of nitrogens with two attached hydrogens (primary N) is 1. The molecule has 1 saturated heterocycles. The summed E-state index contributed by atoms with van der Waals surface area (Å²) in [7, 11) is 0. The lowest BCUT2D eigenvalue weighted by Crippen LogP contribution is -2.51. The van der Waals surface area contributed by atoms with Gasteiger partial charge >= 0.3 is 0 Å². The van der Waals surface area contributed by atoms with Crippen LogP contribution in [0.3, 0.4) is 0 Å². The van der Waals surface area contributed by atoms with Gasteiger partial charge in [0.15, 0.2) is 0 Å². The third kappa shape index (κ3) is 6.60. The van der Waals surface area contributed by atoms with Crippen LogP contribution in [0, 0.1) is 5.41 Å². The van der Waals surface area contributed by atoms with Gasteiger partial charge in [0.1, 0.15) is 0 Å². The number of nitrogens with zero attached hydrogens (tertiary/aromatic N) is 2. The molecule has 1 heterocycles. The highest BCUT2D eigenvalue weighted by Gasteiger charge is 2.35. The minimum atomic E-state index is -0.471. The standard InChI is InChI=1S/C21H33N3O2.2ClH/c22-17-21(9-5-2-6-10-21)15-20(26)24-13-11-23(12-14-24)16-19(25)18-7-3-1-4-8-18;;/h1,3-4,7-8,19,25H,2,5-6,9-17,22H2;2*1H. The molecule has 1 saturated carbocycles. The van der Waals surface area contributed by atoms with Gasteiger partial charge in [0.25, 0.3) is 0 Å². The molecule has 1 aliphatic heterocycles. The van der Waals surface area contributed by atoms with Crippen LogP contribution in [0.25, 0.3) is 0 Å². The topological polar surface area (TPSA) is 69.8 Å². The van der Waals surface area contributed by atoms with Crippen LogP contribution in [0.5, 0.6) is 0 Å². The Hall–Kier alpha value is -0.850. The number of carbonyl (C=O) groups excluding carboxylic acids is 1. The van der Waals surface area contributed by atoms with E-state index >= 15 is 0 Å². The van der Waals surface area contributed by atoms with Crippen LogP contribution in [-0.2, 0) is 4.79 Å². The van der Waals surface area contributed by atoms with E-state index < -0.39 is 6.10 Å². The Kier molecular flexibility index (Phi) is 10.8. The Labute approximate surface area is 181 Å². The molecule has 7 heteroatoms. The fraction of sp³-hybridized carbons (Fsp3) is 0.667. The predicted molar refractivity (Wildman–Crippen MR) is 118 cm³/mol. The van der Waals surface area contributed by atoms with Gasteiger partial charge in [0.05, 0.1) is 6.10 Å². The molecule has 2 fully saturated rings. The zero-order chi connectivity index (χ0) is 18.4. The van der Waals surface area contributed by atoms with Crippen molar-refractivity contribution < 1.29 is 9.90 Å². The number of β-amino-alcohol motifs (C(OH)–C–C–N with tert-alkyl or cyclic N) is 1. The summed E-state index contributed by atoms with van der Waals surface area (Å²) in [5.74, 6) is 0.264.